The van der Waals surface area contributed by atoms with Gasteiger partial charge in [0.1, 0.15) is 16.4 Å². The van der Waals surface area contributed by atoms with Gasteiger partial charge < -0.3 is 8.92 Å². The lowest BCUT2D eigenvalue weighted by Gasteiger charge is -2.08. The molecule has 0 unspecified atom stereocenters. The largest absolute Gasteiger partial charge is 0.452 e. The molecule has 0 bridgehead atoms. The summed E-state index contributed by atoms with van der Waals surface area (Å²) in [7, 11) is -4.04. The van der Waals surface area contributed by atoms with E-state index in [4.69, 9.17) is 20.5 Å². The van der Waals surface area contributed by atoms with E-state index in [0.717, 1.165) is 5.56 Å². The minimum absolute atomic E-state index is 0.0287. The number of Topliss-reactive ketones (excluding diaryl/α,β-unsaturated/α-hetero) is 1. The average Bonchev–Trinajstić information content (AvgIpc) is 2.97. The van der Waals surface area contributed by atoms with Gasteiger partial charge in [-0.3, -0.25) is 4.79 Å². The normalized spacial score (nSPS) is 14.6. The van der Waals surface area contributed by atoms with Crippen molar-refractivity contribution in [3.8, 4) is 11.5 Å². The molecule has 3 aromatic carbocycles. The molecule has 0 saturated heterocycles. The van der Waals surface area contributed by atoms with Crippen molar-refractivity contribution in [2.45, 2.75) is 4.90 Å². The van der Waals surface area contributed by atoms with Crippen LogP contribution in [-0.4, -0.2) is 14.2 Å². The molecule has 1 aliphatic heterocycles. The quantitative estimate of drug-likeness (QED) is 0.458. The van der Waals surface area contributed by atoms with E-state index in [1.54, 1.807) is 6.08 Å². The minimum atomic E-state index is -4.04. The molecule has 0 radical (unpaired) electrons. The van der Waals surface area contributed by atoms with Crippen molar-refractivity contribution in [2.75, 3.05) is 0 Å². The van der Waals surface area contributed by atoms with Crippen LogP contribution in [0.4, 0.5) is 0 Å². The first kappa shape index (κ1) is 18.3. The summed E-state index contributed by atoms with van der Waals surface area (Å²) in [5, 5.41) is 0.418. The van der Waals surface area contributed by atoms with Crippen molar-refractivity contribution in [3.05, 3.63) is 94.7 Å². The van der Waals surface area contributed by atoms with Crippen molar-refractivity contribution in [3.63, 3.8) is 0 Å². The summed E-state index contributed by atoms with van der Waals surface area (Å²) in [6.45, 7) is 0. The molecule has 0 aliphatic carbocycles. The second kappa shape index (κ2) is 7.14. The highest BCUT2D eigenvalue weighted by molar-refractivity contribution is 7.87. The fourth-order valence-corrected chi connectivity index (χ4v) is 3.74. The lowest BCUT2D eigenvalue weighted by atomic mass is 10.1. The van der Waals surface area contributed by atoms with E-state index < -0.39 is 10.1 Å². The Bertz CT molecular complexity index is 1180. The Morgan fingerprint density at radius 1 is 0.929 bits per heavy atom. The molecule has 0 saturated carbocycles. The molecule has 3 aromatic rings. The van der Waals surface area contributed by atoms with Gasteiger partial charge in [0.05, 0.1) is 5.56 Å². The first-order chi connectivity index (χ1) is 13.4. The van der Waals surface area contributed by atoms with Gasteiger partial charge in [0.15, 0.2) is 5.76 Å². The molecule has 5 nitrogen and oxygen atoms in total. The van der Waals surface area contributed by atoms with Gasteiger partial charge in [0.25, 0.3) is 0 Å². The highest BCUT2D eigenvalue weighted by Gasteiger charge is 2.28. The van der Waals surface area contributed by atoms with Crippen LogP contribution in [0.2, 0.25) is 5.02 Å². The fraction of sp³-hybridized carbons (Fsp3) is 0. The summed E-state index contributed by atoms with van der Waals surface area (Å²) in [5.74, 6) is 0.184. The zero-order chi connectivity index (χ0) is 19.7. The molecule has 4 rings (SSSR count). The van der Waals surface area contributed by atoms with Crippen LogP contribution in [0.5, 0.6) is 11.5 Å². The number of hydrogen-bond acceptors (Lipinski definition) is 5. The molecule has 1 heterocycles. The molecule has 0 fully saturated rings. The van der Waals surface area contributed by atoms with Crippen LogP contribution in [0.15, 0.2) is 83.5 Å². The van der Waals surface area contributed by atoms with Crippen LogP contribution in [-0.2, 0) is 10.1 Å². The van der Waals surface area contributed by atoms with Crippen molar-refractivity contribution in [2.24, 2.45) is 0 Å². The van der Waals surface area contributed by atoms with Crippen molar-refractivity contribution in [1.29, 1.82) is 0 Å². The predicted octanol–water partition coefficient (Wildman–Crippen LogP) is 4.72. The van der Waals surface area contributed by atoms with Crippen molar-refractivity contribution in [1.82, 2.24) is 0 Å². The predicted molar refractivity (Wildman–Crippen MR) is 105 cm³/mol. The Balaban J connectivity index is 1.60. The summed E-state index contributed by atoms with van der Waals surface area (Å²) < 4.78 is 35.6. The van der Waals surface area contributed by atoms with Gasteiger partial charge in [0, 0.05) is 11.1 Å². The Hall–Kier alpha value is -3.09. The van der Waals surface area contributed by atoms with Crippen molar-refractivity contribution < 1.29 is 22.1 Å². The maximum absolute atomic E-state index is 12.5. The van der Waals surface area contributed by atoms with Gasteiger partial charge in [0.2, 0.25) is 5.78 Å². The second-order valence-corrected chi connectivity index (χ2v) is 7.98. The molecule has 0 N–H and O–H groups in total. The molecule has 0 aromatic heterocycles. The minimum Gasteiger partial charge on any atom is -0.452 e. The van der Waals surface area contributed by atoms with E-state index in [2.05, 4.69) is 0 Å². The summed E-state index contributed by atoms with van der Waals surface area (Å²) in [4.78, 5) is 12.5. The lowest BCUT2D eigenvalue weighted by Crippen LogP contribution is -2.09. The molecule has 140 valence electrons. The Labute approximate surface area is 166 Å². The number of carbonyl (C=O) groups is 1. The topological polar surface area (TPSA) is 69.7 Å². The Morgan fingerprint density at radius 2 is 1.64 bits per heavy atom. The number of rotatable bonds is 4. The highest BCUT2D eigenvalue weighted by Crippen LogP contribution is 2.35. The van der Waals surface area contributed by atoms with E-state index in [1.165, 1.54) is 42.5 Å². The van der Waals surface area contributed by atoms with Crippen LogP contribution in [0.3, 0.4) is 0 Å². The molecule has 1 aliphatic rings. The molecule has 7 heteroatoms. The first-order valence-electron chi connectivity index (χ1n) is 8.26. The number of ketones is 1. The fourth-order valence-electron chi connectivity index (χ4n) is 2.70. The van der Waals surface area contributed by atoms with Gasteiger partial charge in [-0.25, -0.2) is 0 Å². The summed E-state index contributed by atoms with van der Waals surface area (Å²) in [6.07, 6.45) is 1.63. The van der Waals surface area contributed by atoms with E-state index in [-0.39, 0.29) is 27.9 Å². The maximum atomic E-state index is 12.5. The van der Waals surface area contributed by atoms with Gasteiger partial charge >= 0.3 is 10.1 Å². The first-order valence-corrected chi connectivity index (χ1v) is 10.0. The van der Waals surface area contributed by atoms with Crippen LogP contribution in [0.25, 0.3) is 6.08 Å². The molecular weight excluding hydrogens is 400 g/mol. The van der Waals surface area contributed by atoms with E-state index in [0.29, 0.717) is 10.6 Å². The van der Waals surface area contributed by atoms with E-state index in [9.17, 15) is 13.2 Å². The Morgan fingerprint density at radius 3 is 2.36 bits per heavy atom. The number of hydrogen-bond donors (Lipinski definition) is 0. The third-order valence-corrected chi connectivity index (χ3v) is 5.56. The third-order valence-electron chi connectivity index (χ3n) is 4.05. The smallest absolute Gasteiger partial charge is 0.339 e. The third kappa shape index (κ3) is 3.65. The highest BCUT2D eigenvalue weighted by atomic mass is 35.5. The molecular formula is C21H13ClO5S. The average molecular weight is 413 g/mol. The number of ether oxygens (including phenoxy) is 1. The number of carbonyl (C=O) groups excluding carboxylic acids is 1. The number of fused-ring (bicyclic) bond motifs is 1. The van der Waals surface area contributed by atoms with E-state index in [1.807, 2.05) is 30.3 Å². The molecule has 28 heavy (non-hydrogen) atoms. The van der Waals surface area contributed by atoms with Gasteiger partial charge in [-0.15, -0.1) is 0 Å². The molecule has 0 spiro atoms. The zero-order valence-electron chi connectivity index (χ0n) is 14.3. The number of halogens is 1. The second-order valence-electron chi connectivity index (χ2n) is 6.00. The van der Waals surface area contributed by atoms with Gasteiger partial charge in [-0.05, 0) is 48.0 Å². The van der Waals surface area contributed by atoms with Crippen LogP contribution in [0, 0.1) is 0 Å². The summed E-state index contributed by atoms with van der Waals surface area (Å²) in [6, 6.07) is 19.2. The summed E-state index contributed by atoms with van der Waals surface area (Å²) in [5.41, 5.74) is 1.17. The van der Waals surface area contributed by atoms with Crippen LogP contribution in [0.1, 0.15) is 15.9 Å². The molecule has 0 atom stereocenters. The SMILES string of the molecule is O=C1C(=Cc2ccccc2)Oc2cc(OS(=O)(=O)c3ccc(Cl)cc3)ccc21. The zero-order valence-corrected chi connectivity index (χ0v) is 15.9. The molecule has 0 amide bonds. The van der Waals surface area contributed by atoms with Crippen LogP contribution >= 0.6 is 11.6 Å². The maximum Gasteiger partial charge on any atom is 0.339 e. The lowest BCUT2D eigenvalue weighted by molar-refractivity contribution is 0.101. The number of benzene rings is 3. The Kier molecular flexibility index (Phi) is 4.66. The van der Waals surface area contributed by atoms with Crippen molar-refractivity contribution >= 4 is 33.6 Å². The monoisotopic (exact) mass is 412 g/mol. The summed E-state index contributed by atoms with van der Waals surface area (Å²) >= 11 is 5.78. The van der Waals surface area contributed by atoms with Gasteiger partial charge in [-0.1, -0.05) is 41.9 Å². The number of allylic oxidation sites excluding steroid dienone is 1. The van der Waals surface area contributed by atoms with E-state index >= 15 is 0 Å². The van der Waals surface area contributed by atoms with Crippen LogP contribution < -0.4 is 8.92 Å². The standard InChI is InChI=1S/C21H13ClO5S/c22-15-6-9-17(10-7-15)28(24,25)27-16-8-11-18-19(13-16)26-20(21(18)23)12-14-4-2-1-3-5-14/h1-13H. The van der Waals surface area contributed by atoms with Gasteiger partial charge in [-0.2, -0.15) is 8.42 Å².